The van der Waals surface area contributed by atoms with Crippen LogP contribution in [0.4, 0.5) is 0 Å². The third-order valence-corrected chi connectivity index (χ3v) is 4.27. The maximum Gasteiger partial charge on any atom is 0.323 e. The average molecular weight is 297 g/mol. The van der Waals surface area contributed by atoms with Gasteiger partial charge in [-0.2, -0.15) is 0 Å². The third kappa shape index (κ3) is 5.48. The van der Waals surface area contributed by atoms with Gasteiger partial charge in [0, 0.05) is 5.30 Å². The van der Waals surface area contributed by atoms with Crippen molar-refractivity contribution in [2.75, 3.05) is 13.3 Å². The Kier molecular flexibility index (Phi) is 5.17. The van der Waals surface area contributed by atoms with Crippen LogP contribution >= 0.6 is 7.14 Å². The average Bonchev–Trinajstić information content (AvgIpc) is 2.26. The minimum absolute atomic E-state index is 0.404. The van der Waals surface area contributed by atoms with Crippen molar-refractivity contribution in [3.63, 3.8) is 0 Å². The van der Waals surface area contributed by atoms with Crippen molar-refractivity contribution in [2.24, 2.45) is 5.73 Å². The van der Waals surface area contributed by atoms with Crippen LogP contribution in [0.25, 0.3) is 0 Å². The van der Waals surface area contributed by atoms with Gasteiger partial charge < -0.3 is 15.0 Å². The molecule has 0 amide bonds. The molecule has 0 spiro atoms. The predicted octanol–water partition coefficient (Wildman–Crippen LogP) is 2.15. The molecule has 1 rings (SSSR count). The van der Waals surface area contributed by atoms with Gasteiger partial charge in [0.1, 0.15) is 18.8 Å². The Hall–Kier alpha value is -1.12. The van der Waals surface area contributed by atoms with E-state index in [0.717, 1.165) is 10.9 Å². The second kappa shape index (κ2) is 6.11. The van der Waals surface area contributed by atoms with Crippen molar-refractivity contribution in [3.05, 3.63) is 29.8 Å². The number of esters is 1. The van der Waals surface area contributed by atoms with Gasteiger partial charge >= 0.3 is 5.97 Å². The van der Waals surface area contributed by atoms with Crippen LogP contribution in [-0.2, 0) is 20.5 Å². The van der Waals surface area contributed by atoms with E-state index in [1.807, 2.05) is 45.0 Å². The molecule has 0 aliphatic carbocycles. The van der Waals surface area contributed by atoms with Gasteiger partial charge in [-0.15, -0.1) is 0 Å². The van der Waals surface area contributed by atoms with E-state index in [9.17, 15) is 9.36 Å². The maximum atomic E-state index is 11.9. The fraction of sp³-hybridized carbons (Fsp3) is 0.533. The molecule has 0 aromatic heterocycles. The molecule has 0 aliphatic heterocycles. The molecule has 0 heterocycles. The molecular formula is C15H24NO3P. The first-order valence-corrected chi connectivity index (χ1v) is 9.22. The Morgan fingerprint density at radius 1 is 1.25 bits per heavy atom. The van der Waals surface area contributed by atoms with Crippen LogP contribution < -0.4 is 11.0 Å². The van der Waals surface area contributed by atoms with Crippen molar-refractivity contribution in [1.82, 2.24) is 0 Å². The summed E-state index contributed by atoms with van der Waals surface area (Å²) in [5.74, 6) is -0.404. The monoisotopic (exact) mass is 297 g/mol. The first-order valence-electron chi connectivity index (χ1n) is 6.62. The molecule has 20 heavy (non-hydrogen) atoms. The van der Waals surface area contributed by atoms with Gasteiger partial charge in [-0.1, -0.05) is 24.3 Å². The lowest BCUT2D eigenvalue weighted by Gasteiger charge is -2.22. The van der Waals surface area contributed by atoms with Gasteiger partial charge in [-0.05, 0) is 46.1 Å². The van der Waals surface area contributed by atoms with Gasteiger partial charge in [-0.3, -0.25) is 4.79 Å². The quantitative estimate of drug-likeness (QED) is 0.683. The van der Waals surface area contributed by atoms with E-state index in [1.165, 1.54) is 0 Å². The Bertz CT molecular complexity index is 511. The Balaban J connectivity index is 2.70. The molecule has 1 aromatic carbocycles. The summed E-state index contributed by atoms with van der Waals surface area (Å²) in [4.78, 5) is 11.8. The zero-order valence-electron chi connectivity index (χ0n) is 12.8. The number of rotatable bonds is 4. The number of nitrogens with two attached hydrogens (primary N) is 1. The van der Waals surface area contributed by atoms with Crippen molar-refractivity contribution in [3.8, 4) is 0 Å². The summed E-state index contributed by atoms with van der Waals surface area (Å²) in [7, 11) is -2.24. The molecule has 0 unspecified atom stereocenters. The standard InChI is InChI=1S/C15H24NO3P/c1-15(2,3)19-14(17)13(16)10-11-6-8-12(9-7-11)20(4,5)18/h6-9,13H,10,16H2,1-5H3/t13-/m0/s1. The fourth-order valence-electron chi connectivity index (χ4n) is 1.71. The van der Waals surface area contributed by atoms with Crippen LogP contribution in [0.1, 0.15) is 26.3 Å². The van der Waals surface area contributed by atoms with Crippen LogP contribution in [0.3, 0.4) is 0 Å². The highest BCUT2D eigenvalue weighted by molar-refractivity contribution is 7.70. The van der Waals surface area contributed by atoms with E-state index >= 15 is 0 Å². The maximum absolute atomic E-state index is 11.9. The highest BCUT2D eigenvalue weighted by atomic mass is 31.2. The Morgan fingerprint density at radius 3 is 2.15 bits per heavy atom. The fourth-order valence-corrected chi connectivity index (χ4v) is 2.57. The second-order valence-electron chi connectivity index (χ2n) is 6.36. The zero-order chi connectivity index (χ0) is 15.6. The molecular weight excluding hydrogens is 273 g/mol. The highest BCUT2D eigenvalue weighted by Crippen LogP contribution is 2.34. The highest BCUT2D eigenvalue weighted by Gasteiger charge is 2.22. The van der Waals surface area contributed by atoms with Gasteiger partial charge in [-0.25, -0.2) is 0 Å². The van der Waals surface area contributed by atoms with Crippen LogP contribution in [0.5, 0.6) is 0 Å². The molecule has 0 fully saturated rings. The third-order valence-electron chi connectivity index (χ3n) is 2.72. The molecule has 2 N–H and O–H groups in total. The molecule has 0 saturated carbocycles. The smallest absolute Gasteiger partial charge is 0.323 e. The van der Waals surface area contributed by atoms with E-state index in [-0.39, 0.29) is 0 Å². The van der Waals surface area contributed by atoms with Gasteiger partial charge in [0.25, 0.3) is 0 Å². The van der Waals surface area contributed by atoms with E-state index in [1.54, 1.807) is 13.3 Å². The van der Waals surface area contributed by atoms with Gasteiger partial charge in [0.2, 0.25) is 0 Å². The van der Waals surface area contributed by atoms with Crippen molar-refractivity contribution >= 4 is 18.4 Å². The van der Waals surface area contributed by atoms with Gasteiger partial charge in [0.15, 0.2) is 0 Å². The van der Waals surface area contributed by atoms with E-state index in [2.05, 4.69) is 0 Å². The largest absolute Gasteiger partial charge is 0.459 e. The molecule has 0 saturated heterocycles. The van der Waals surface area contributed by atoms with Gasteiger partial charge in [0.05, 0.1) is 0 Å². The number of hydrogen-bond acceptors (Lipinski definition) is 4. The van der Waals surface area contributed by atoms with Crippen LogP contribution in [0, 0.1) is 0 Å². The lowest BCUT2D eigenvalue weighted by molar-refractivity contribution is -0.156. The summed E-state index contributed by atoms with van der Waals surface area (Å²) in [6.45, 7) is 8.90. The second-order valence-corrected chi connectivity index (χ2v) is 9.58. The summed E-state index contributed by atoms with van der Waals surface area (Å²) in [5, 5.41) is 0.826. The molecule has 1 aromatic rings. The SMILES string of the molecule is CC(C)(C)OC(=O)[C@@H](N)Cc1ccc(P(C)(C)=O)cc1. The summed E-state index contributed by atoms with van der Waals surface area (Å²) in [5.41, 5.74) is 6.25. The lowest BCUT2D eigenvalue weighted by atomic mass is 10.1. The Morgan fingerprint density at radius 2 is 1.75 bits per heavy atom. The van der Waals surface area contributed by atoms with E-state index in [4.69, 9.17) is 10.5 Å². The van der Waals surface area contributed by atoms with E-state index in [0.29, 0.717) is 6.42 Å². The molecule has 1 atom stereocenters. The number of carbonyl (C=O) groups is 1. The summed E-state index contributed by atoms with van der Waals surface area (Å²) < 4.78 is 17.2. The summed E-state index contributed by atoms with van der Waals surface area (Å²) >= 11 is 0. The predicted molar refractivity (Wildman–Crippen MR) is 83.1 cm³/mol. The van der Waals surface area contributed by atoms with Crippen LogP contribution in [-0.4, -0.2) is 30.9 Å². The number of hydrogen-bond donors (Lipinski definition) is 1. The molecule has 5 heteroatoms. The lowest BCUT2D eigenvalue weighted by Crippen LogP contribution is -2.38. The minimum Gasteiger partial charge on any atom is -0.459 e. The van der Waals surface area contributed by atoms with Crippen LogP contribution in [0.15, 0.2) is 24.3 Å². The molecule has 0 radical (unpaired) electrons. The number of ether oxygens (including phenoxy) is 1. The molecule has 0 bridgehead atoms. The summed E-state index contributed by atoms with van der Waals surface area (Å²) in [6.07, 6.45) is 0.410. The number of benzene rings is 1. The first-order chi connectivity index (χ1) is 8.99. The van der Waals surface area contributed by atoms with Crippen molar-refractivity contribution < 1.29 is 14.1 Å². The van der Waals surface area contributed by atoms with Crippen molar-refractivity contribution in [2.45, 2.75) is 38.8 Å². The minimum atomic E-state index is -2.24. The summed E-state index contributed by atoms with van der Waals surface area (Å²) in [6, 6.07) is 6.70. The van der Waals surface area contributed by atoms with E-state index < -0.39 is 24.8 Å². The first kappa shape index (κ1) is 16.9. The number of carbonyl (C=O) groups excluding carboxylic acids is 1. The zero-order valence-corrected chi connectivity index (χ0v) is 13.7. The van der Waals surface area contributed by atoms with Crippen molar-refractivity contribution in [1.29, 1.82) is 0 Å². The van der Waals surface area contributed by atoms with Crippen LogP contribution in [0.2, 0.25) is 0 Å². The molecule has 112 valence electrons. The molecule has 4 nitrogen and oxygen atoms in total. The Labute approximate surface area is 121 Å². The topological polar surface area (TPSA) is 69.4 Å². The molecule has 0 aliphatic rings. The normalized spacial score (nSPS) is 13.9.